The first-order valence-electron chi connectivity index (χ1n) is 6.91. The van der Waals surface area contributed by atoms with Crippen LogP contribution in [0.2, 0.25) is 0 Å². The van der Waals surface area contributed by atoms with Gasteiger partial charge in [-0.2, -0.15) is 0 Å². The number of primary amides is 1. The van der Waals surface area contributed by atoms with Gasteiger partial charge in [0.25, 0.3) is 0 Å². The Morgan fingerprint density at radius 3 is 2.70 bits per heavy atom. The Balaban J connectivity index is 2.17. The Hall–Kier alpha value is -1.88. The molecule has 1 saturated heterocycles. The molecule has 2 amide bonds. The number of hydrogen-bond acceptors (Lipinski definition) is 3. The summed E-state index contributed by atoms with van der Waals surface area (Å²) in [6.45, 7) is 5.48. The molecule has 1 unspecified atom stereocenters. The van der Waals surface area contributed by atoms with Crippen molar-refractivity contribution in [1.29, 1.82) is 0 Å². The maximum atomic E-state index is 12.5. The largest absolute Gasteiger partial charge is 0.366 e. The molecule has 1 heterocycles. The topological polar surface area (TPSA) is 84.2 Å². The molecule has 20 heavy (non-hydrogen) atoms. The van der Waals surface area contributed by atoms with Gasteiger partial charge in [-0.05, 0) is 50.1 Å². The second kappa shape index (κ2) is 5.63. The van der Waals surface area contributed by atoms with Crippen molar-refractivity contribution in [3.8, 4) is 0 Å². The third kappa shape index (κ3) is 2.67. The van der Waals surface area contributed by atoms with Gasteiger partial charge in [-0.1, -0.05) is 6.92 Å². The summed E-state index contributed by atoms with van der Waals surface area (Å²) in [5.74, 6) is -0.420. The summed E-state index contributed by atoms with van der Waals surface area (Å²) < 4.78 is 0. The summed E-state index contributed by atoms with van der Waals surface area (Å²) in [4.78, 5) is 23.6. The number of aryl methyl sites for hydroxylation is 1. The van der Waals surface area contributed by atoms with E-state index in [1.807, 2.05) is 13.8 Å². The van der Waals surface area contributed by atoms with E-state index < -0.39 is 5.91 Å². The molecular weight excluding hydrogens is 254 g/mol. The van der Waals surface area contributed by atoms with Gasteiger partial charge in [0.05, 0.1) is 5.41 Å². The molecular formula is C15H21N3O2. The monoisotopic (exact) mass is 275 g/mol. The lowest BCUT2D eigenvalue weighted by atomic mass is 9.83. The van der Waals surface area contributed by atoms with E-state index in [0.29, 0.717) is 12.1 Å². The molecule has 1 atom stereocenters. The minimum absolute atomic E-state index is 0.0416. The van der Waals surface area contributed by atoms with E-state index in [1.54, 1.807) is 18.2 Å². The molecule has 0 saturated carbocycles. The number of carbonyl (C=O) groups is 2. The number of hydrogen-bond donors (Lipinski definition) is 3. The van der Waals surface area contributed by atoms with E-state index in [4.69, 9.17) is 5.73 Å². The molecule has 1 aromatic carbocycles. The van der Waals surface area contributed by atoms with Crippen molar-refractivity contribution in [3.63, 3.8) is 0 Å². The van der Waals surface area contributed by atoms with Crippen LogP contribution in [0.25, 0.3) is 0 Å². The van der Waals surface area contributed by atoms with E-state index in [2.05, 4.69) is 10.6 Å². The highest BCUT2D eigenvalue weighted by atomic mass is 16.2. The fraction of sp³-hybridized carbons (Fsp3) is 0.467. The second-order valence-corrected chi connectivity index (χ2v) is 5.41. The molecule has 0 radical (unpaired) electrons. The Kier molecular flexibility index (Phi) is 4.09. The summed E-state index contributed by atoms with van der Waals surface area (Å²) in [6.07, 6.45) is 1.66. The number of anilines is 1. The summed E-state index contributed by atoms with van der Waals surface area (Å²) in [5, 5.41) is 6.23. The highest BCUT2D eigenvalue weighted by Crippen LogP contribution is 2.31. The molecule has 1 aromatic rings. The molecule has 4 N–H and O–H groups in total. The van der Waals surface area contributed by atoms with Crippen molar-refractivity contribution < 1.29 is 9.59 Å². The van der Waals surface area contributed by atoms with Crippen molar-refractivity contribution in [1.82, 2.24) is 5.32 Å². The maximum absolute atomic E-state index is 12.5. The third-order valence-corrected chi connectivity index (χ3v) is 4.16. The Bertz CT molecular complexity index is 534. The number of nitrogens with one attached hydrogen (secondary N) is 2. The maximum Gasteiger partial charge on any atom is 0.248 e. The van der Waals surface area contributed by atoms with Gasteiger partial charge in [0.2, 0.25) is 11.8 Å². The van der Waals surface area contributed by atoms with Gasteiger partial charge < -0.3 is 16.4 Å². The van der Waals surface area contributed by atoms with E-state index in [1.165, 1.54) is 0 Å². The molecule has 1 fully saturated rings. The highest BCUT2D eigenvalue weighted by Gasteiger charge is 2.39. The standard InChI is InChI=1S/C15H21N3O2/c1-3-15(6-7-17-9-15)14(20)18-12-5-4-11(13(16)19)8-10(12)2/h4-5,8,17H,3,6-7,9H2,1-2H3,(H2,16,19)(H,18,20). The minimum atomic E-state index is -0.462. The van der Waals surface area contributed by atoms with Crippen molar-refractivity contribution in [2.24, 2.45) is 11.1 Å². The summed E-state index contributed by atoms with van der Waals surface area (Å²) in [7, 11) is 0. The second-order valence-electron chi connectivity index (χ2n) is 5.41. The van der Waals surface area contributed by atoms with E-state index in [0.717, 1.165) is 30.6 Å². The molecule has 1 aliphatic heterocycles. The van der Waals surface area contributed by atoms with Gasteiger partial charge in [0, 0.05) is 17.8 Å². The lowest BCUT2D eigenvalue weighted by Crippen LogP contribution is -2.37. The lowest BCUT2D eigenvalue weighted by Gasteiger charge is -2.25. The summed E-state index contributed by atoms with van der Waals surface area (Å²) in [6, 6.07) is 5.07. The first-order chi connectivity index (χ1) is 9.48. The van der Waals surface area contributed by atoms with Crippen molar-refractivity contribution in [2.75, 3.05) is 18.4 Å². The van der Waals surface area contributed by atoms with Crippen LogP contribution in [0, 0.1) is 12.3 Å². The SMILES string of the molecule is CCC1(C(=O)Nc2ccc(C(N)=O)cc2C)CCNC1. The van der Waals surface area contributed by atoms with Crippen LogP contribution >= 0.6 is 0 Å². The molecule has 0 aliphatic carbocycles. The molecule has 5 nitrogen and oxygen atoms in total. The Morgan fingerprint density at radius 1 is 1.45 bits per heavy atom. The normalized spacial score (nSPS) is 21.7. The fourth-order valence-corrected chi connectivity index (χ4v) is 2.61. The Labute approximate surface area is 118 Å². The fourth-order valence-electron chi connectivity index (χ4n) is 2.61. The number of carbonyl (C=O) groups excluding carboxylic acids is 2. The zero-order valence-electron chi connectivity index (χ0n) is 12.0. The molecule has 0 spiro atoms. The van der Waals surface area contributed by atoms with Gasteiger partial charge in [0.15, 0.2) is 0 Å². The van der Waals surface area contributed by atoms with Crippen molar-refractivity contribution >= 4 is 17.5 Å². The lowest BCUT2D eigenvalue weighted by molar-refractivity contribution is -0.124. The molecule has 108 valence electrons. The van der Waals surface area contributed by atoms with E-state index >= 15 is 0 Å². The van der Waals surface area contributed by atoms with E-state index in [9.17, 15) is 9.59 Å². The molecule has 5 heteroatoms. The zero-order chi connectivity index (χ0) is 14.8. The zero-order valence-corrected chi connectivity index (χ0v) is 12.0. The molecule has 0 aromatic heterocycles. The van der Waals surface area contributed by atoms with Gasteiger partial charge in [-0.15, -0.1) is 0 Å². The predicted molar refractivity (Wildman–Crippen MR) is 78.5 cm³/mol. The average molecular weight is 275 g/mol. The average Bonchev–Trinajstić information content (AvgIpc) is 2.90. The van der Waals surface area contributed by atoms with Crippen LogP contribution in [0.5, 0.6) is 0 Å². The van der Waals surface area contributed by atoms with Crippen molar-refractivity contribution in [2.45, 2.75) is 26.7 Å². The van der Waals surface area contributed by atoms with Crippen LogP contribution in [-0.2, 0) is 4.79 Å². The van der Waals surface area contributed by atoms with Crippen LogP contribution in [-0.4, -0.2) is 24.9 Å². The quantitative estimate of drug-likeness (QED) is 0.777. The Morgan fingerprint density at radius 2 is 2.20 bits per heavy atom. The first-order valence-corrected chi connectivity index (χ1v) is 6.91. The number of benzene rings is 1. The molecule has 0 bridgehead atoms. The number of nitrogens with two attached hydrogens (primary N) is 1. The van der Waals surface area contributed by atoms with Gasteiger partial charge in [-0.25, -0.2) is 0 Å². The molecule has 1 aliphatic rings. The molecule has 2 rings (SSSR count). The highest BCUT2D eigenvalue weighted by molar-refractivity contribution is 5.98. The van der Waals surface area contributed by atoms with Gasteiger partial charge >= 0.3 is 0 Å². The summed E-state index contributed by atoms with van der Waals surface area (Å²) in [5.41, 5.74) is 6.94. The van der Waals surface area contributed by atoms with Crippen LogP contribution in [0.3, 0.4) is 0 Å². The van der Waals surface area contributed by atoms with E-state index in [-0.39, 0.29) is 11.3 Å². The smallest absolute Gasteiger partial charge is 0.248 e. The van der Waals surface area contributed by atoms with Crippen LogP contribution in [0.4, 0.5) is 5.69 Å². The predicted octanol–water partition coefficient (Wildman–Crippen LogP) is 1.42. The first kappa shape index (κ1) is 14.5. The van der Waals surface area contributed by atoms with Crippen LogP contribution in [0.15, 0.2) is 18.2 Å². The number of amides is 2. The number of rotatable bonds is 4. The van der Waals surface area contributed by atoms with Crippen LogP contribution < -0.4 is 16.4 Å². The third-order valence-electron chi connectivity index (χ3n) is 4.16. The van der Waals surface area contributed by atoms with Crippen LogP contribution in [0.1, 0.15) is 35.7 Å². The van der Waals surface area contributed by atoms with Gasteiger partial charge in [0.1, 0.15) is 0 Å². The minimum Gasteiger partial charge on any atom is -0.366 e. The van der Waals surface area contributed by atoms with Gasteiger partial charge in [-0.3, -0.25) is 9.59 Å². The summed E-state index contributed by atoms with van der Waals surface area (Å²) >= 11 is 0. The van der Waals surface area contributed by atoms with Crippen molar-refractivity contribution in [3.05, 3.63) is 29.3 Å².